The number of halogens is 2. The second-order valence-electron chi connectivity index (χ2n) is 2.58. The van der Waals surface area contributed by atoms with Crippen molar-refractivity contribution in [1.29, 1.82) is 0 Å². The van der Waals surface area contributed by atoms with Crippen LogP contribution in [0, 0.1) is 0 Å². The molecule has 0 saturated heterocycles. The van der Waals surface area contributed by atoms with Crippen LogP contribution in [-0.4, -0.2) is 11.1 Å². The molecule has 2 nitrogen and oxygen atoms in total. The van der Waals surface area contributed by atoms with Gasteiger partial charge in [0.25, 0.3) is 5.91 Å². The molecule has 0 saturated carbocycles. The summed E-state index contributed by atoms with van der Waals surface area (Å²) in [4.78, 5) is 14.3. The third kappa shape index (κ3) is 4.62. The van der Waals surface area contributed by atoms with E-state index in [-0.39, 0.29) is 0 Å². The van der Waals surface area contributed by atoms with Gasteiger partial charge in [0.1, 0.15) is 0 Å². The molecule has 0 aromatic heterocycles. The van der Waals surface area contributed by atoms with Crippen molar-refractivity contribution >= 4 is 61.2 Å². The number of thiocarbonyl (C=S) groups is 1. The van der Waals surface area contributed by atoms with Gasteiger partial charge in [-0.2, -0.15) is 4.99 Å². The first-order valence-corrected chi connectivity index (χ1v) is 5.87. The van der Waals surface area contributed by atoms with Crippen LogP contribution in [0.5, 0.6) is 0 Å². The maximum absolute atomic E-state index is 11.0. The van der Waals surface area contributed by atoms with Gasteiger partial charge in [-0.25, -0.2) is 0 Å². The maximum atomic E-state index is 11.0. The summed E-state index contributed by atoms with van der Waals surface area (Å²) in [6.07, 6.45) is 3.00. The van der Waals surface area contributed by atoms with Gasteiger partial charge in [0.15, 0.2) is 0 Å². The van der Waals surface area contributed by atoms with Crippen LogP contribution in [0.1, 0.15) is 5.56 Å². The standard InChI is InChI=1S/C10H5Br2NOS/c11-8-3-7(4-9(12)5-8)1-2-10(14)13-6-15/h1-5H. The second-order valence-corrected chi connectivity index (χ2v) is 4.59. The Morgan fingerprint density at radius 2 is 1.93 bits per heavy atom. The minimum Gasteiger partial charge on any atom is -0.267 e. The van der Waals surface area contributed by atoms with Gasteiger partial charge in [0.2, 0.25) is 0 Å². The molecular formula is C10H5Br2NOS. The van der Waals surface area contributed by atoms with Crippen molar-refractivity contribution in [3.63, 3.8) is 0 Å². The van der Waals surface area contributed by atoms with Crippen molar-refractivity contribution in [2.45, 2.75) is 0 Å². The molecule has 76 valence electrons. The molecule has 0 heterocycles. The number of carbonyl (C=O) groups is 1. The van der Waals surface area contributed by atoms with Crippen molar-refractivity contribution in [2.24, 2.45) is 4.99 Å². The molecule has 0 aliphatic rings. The zero-order chi connectivity index (χ0) is 11.3. The van der Waals surface area contributed by atoms with E-state index in [1.807, 2.05) is 23.4 Å². The monoisotopic (exact) mass is 345 g/mol. The first kappa shape index (κ1) is 12.5. The number of rotatable bonds is 2. The fourth-order valence-electron chi connectivity index (χ4n) is 0.921. The van der Waals surface area contributed by atoms with Gasteiger partial charge in [-0.15, -0.1) is 0 Å². The van der Waals surface area contributed by atoms with Crippen LogP contribution in [0.15, 0.2) is 38.2 Å². The van der Waals surface area contributed by atoms with E-state index in [2.05, 4.69) is 49.1 Å². The predicted molar refractivity (Wildman–Crippen MR) is 70.9 cm³/mol. The Morgan fingerprint density at radius 1 is 1.33 bits per heavy atom. The van der Waals surface area contributed by atoms with Crippen LogP contribution in [0.4, 0.5) is 0 Å². The Hall–Kier alpha value is -0.610. The lowest BCUT2D eigenvalue weighted by atomic mass is 10.2. The quantitative estimate of drug-likeness (QED) is 0.462. The molecule has 5 heteroatoms. The first-order chi connectivity index (χ1) is 7.11. The molecule has 0 aliphatic carbocycles. The third-order valence-corrected chi connectivity index (χ3v) is 2.47. The van der Waals surface area contributed by atoms with Gasteiger partial charge in [-0.1, -0.05) is 31.9 Å². The van der Waals surface area contributed by atoms with Crippen LogP contribution in [-0.2, 0) is 4.79 Å². The molecule has 0 unspecified atom stereocenters. The summed E-state index contributed by atoms with van der Waals surface area (Å²) in [5.74, 6) is -0.416. The largest absolute Gasteiger partial charge is 0.278 e. The van der Waals surface area contributed by atoms with E-state index >= 15 is 0 Å². The molecule has 0 fully saturated rings. The zero-order valence-electron chi connectivity index (χ0n) is 7.41. The van der Waals surface area contributed by atoms with E-state index in [0.717, 1.165) is 14.5 Å². The lowest BCUT2D eigenvalue weighted by Crippen LogP contribution is -1.84. The Kier molecular flexibility index (Phi) is 5.05. The molecule has 0 bridgehead atoms. The summed E-state index contributed by atoms with van der Waals surface area (Å²) in [5.41, 5.74) is 0.893. The highest BCUT2D eigenvalue weighted by molar-refractivity contribution is 9.11. The highest BCUT2D eigenvalue weighted by atomic mass is 79.9. The van der Waals surface area contributed by atoms with Gasteiger partial charge in [0, 0.05) is 15.0 Å². The second kappa shape index (κ2) is 6.08. The predicted octanol–water partition coefficient (Wildman–Crippen LogP) is 3.85. The number of aliphatic imine (C=N–C) groups is 1. The van der Waals surface area contributed by atoms with E-state index in [1.54, 1.807) is 6.08 Å². The molecule has 0 spiro atoms. The average Bonchev–Trinajstić information content (AvgIpc) is 2.14. The zero-order valence-corrected chi connectivity index (χ0v) is 11.4. The summed E-state index contributed by atoms with van der Waals surface area (Å²) in [6, 6.07) is 5.68. The van der Waals surface area contributed by atoms with Crippen molar-refractivity contribution in [3.8, 4) is 0 Å². The Labute approximate surface area is 109 Å². The molecule has 0 N–H and O–H groups in total. The van der Waals surface area contributed by atoms with Crippen LogP contribution in [0.2, 0.25) is 0 Å². The fourth-order valence-corrected chi connectivity index (χ4v) is 2.34. The van der Waals surface area contributed by atoms with Crippen molar-refractivity contribution in [2.75, 3.05) is 0 Å². The smallest absolute Gasteiger partial charge is 0.267 e. The van der Waals surface area contributed by atoms with Gasteiger partial charge in [-0.05, 0) is 42.1 Å². The SMILES string of the molecule is O=C(C=Cc1cc(Br)cc(Br)c1)N=C=S. The van der Waals surface area contributed by atoms with E-state index < -0.39 is 5.91 Å². The number of benzene rings is 1. The minimum absolute atomic E-state index is 0.416. The lowest BCUT2D eigenvalue weighted by Gasteiger charge is -1.96. The molecule has 0 aliphatic heterocycles. The summed E-state index contributed by atoms with van der Waals surface area (Å²) < 4.78 is 1.87. The van der Waals surface area contributed by atoms with Gasteiger partial charge >= 0.3 is 0 Å². The van der Waals surface area contributed by atoms with Crippen molar-refractivity contribution in [1.82, 2.24) is 0 Å². The number of amides is 1. The Bertz CT molecular complexity index is 444. The number of hydrogen-bond donors (Lipinski definition) is 0. The third-order valence-electron chi connectivity index (χ3n) is 1.46. The van der Waals surface area contributed by atoms with Crippen LogP contribution >= 0.6 is 44.1 Å². The van der Waals surface area contributed by atoms with Gasteiger partial charge in [0.05, 0.1) is 5.16 Å². The normalized spacial score (nSPS) is 10.0. The first-order valence-electron chi connectivity index (χ1n) is 3.88. The molecule has 1 amide bonds. The van der Waals surface area contributed by atoms with E-state index in [0.29, 0.717) is 0 Å². The van der Waals surface area contributed by atoms with Gasteiger partial charge < -0.3 is 0 Å². The molecule has 1 rings (SSSR count). The fraction of sp³-hybridized carbons (Fsp3) is 0. The molecule has 0 radical (unpaired) electrons. The van der Waals surface area contributed by atoms with Crippen molar-refractivity contribution in [3.05, 3.63) is 38.8 Å². The topological polar surface area (TPSA) is 29.4 Å². The molecule has 15 heavy (non-hydrogen) atoms. The van der Waals surface area contributed by atoms with E-state index in [1.165, 1.54) is 6.08 Å². The minimum atomic E-state index is -0.416. The summed E-state index contributed by atoms with van der Waals surface area (Å²) in [7, 11) is 0. The number of nitrogens with zero attached hydrogens (tertiary/aromatic N) is 1. The Balaban J connectivity index is 2.89. The highest BCUT2D eigenvalue weighted by Gasteiger charge is 1.95. The molecule has 0 atom stereocenters. The number of isothiocyanates is 1. The average molecular weight is 347 g/mol. The molecule has 1 aromatic carbocycles. The van der Waals surface area contributed by atoms with Crippen LogP contribution in [0.3, 0.4) is 0 Å². The van der Waals surface area contributed by atoms with Gasteiger partial charge in [-0.3, -0.25) is 4.79 Å². The van der Waals surface area contributed by atoms with Crippen LogP contribution in [0.25, 0.3) is 6.08 Å². The van der Waals surface area contributed by atoms with E-state index in [4.69, 9.17) is 0 Å². The lowest BCUT2D eigenvalue weighted by molar-refractivity contribution is -0.113. The van der Waals surface area contributed by atoms with E-state index in [9.17, 15) is 4.79 Å². The summed E-state index contributed by atoms with van der Waals surface area (Å²) in [5, 5.41) is 2.02. The van der Waals surface area contributed by atoms with Crippen molar-refractivity contribution < 1.29 is 4.79 Å². The molecule has 1 aromatic rings. The van der Waals surface area contributed by atoms with Crippen LogP contribution < -0.4 is 0 Å². The number of hydrogen-bond acceptors (Lipinski definition) is 2. The highest BCUT2D eigenvalue weighted by Crippen LogP contribution is 2.20. The maximum Gasteiger partial charge on any atom is 0.278 e. The Morgan fingerprint density at radius 3 is 2.47 bits per heavy atom. The number of carbonyl (C=O) groups excluding carboxylic acids is 1. The summed E-state index contributed by atoms with van der Waals surface area (Å²) in [6.45, 7) is 0. The summed E-state index contributed by atoms with van der Waals surface area (Å²) >= 11 is 11.0. The molecular weight excluding hydrogens is 342 g/mol.